The Bertz CT molecular complexity index is 674. The topological polar surface area (TPSA) is 50.7 Å². The monoisotopic (exact) mass is 310 g/mol. The highest BCUT2D eigenvalue weighted by Crippen LogP contribution is 2.11. The second-order valence-corrected chi connectivity index (χ2v) is 5.31. The molecule has 120 valence electrons. The number of hydrogen-bond acceptors (Lipinski definition) is 3. The summed E-state index contributed by atoms with van der Waals surface area (Å²) in [7, 11) is 1.62. The lowest BCUT2D eigenvalue weighted by molar-refractivity contribution is -0.120. The van der Waals surface area contributed by atoms with Crippen LogP contribution in [0, 0.1) is 0 Å². The zero-order valence-corrected chi connectivity index (χ0v) is 13.8. The molecule has 0 unspecified atom stereocenters. The maximum absolute atomic E-state index is 12.0. The molecular weight excluding hydrogens is 288 g/mol. The summed E-state index contributed by atoms with van der Waals surface area (Å²) in [5, 5.41) is 4.17. The van der Waals surface area contributed by atoms with Crippen LogP contribution >= 0.6 is 0 Å². The predicted molar refractivity (Wildman–Crippen MR) is 92.9 cm³/mol. The van der Waals surface area contributed by atoms with Gasteiger partial charge in [-0.25, -0.2) is 5.43 Å². The summed E-state index contributed by atoms with van der Waals surface area (Å²) < 4.78 is 5.10. The van der Waals surface area contributed by atoms with Gasteiger partial charge in [0.2, 0.25) is 5.91 Å². The standard InChI is InChI=1S/C19H22N2O2/c1-4-15-5-9-17(10-6-15)14(2)20-21-19(22)13-16-7-11-18(23-3)12-8-16/h5-12H,4,13H2,1-3H3,(H,21,22)/b20-14+. The van der Waals surface area contributed by atoms with Crippen molar-refractivity contribution in [3.05, 3.63) is 65.2 Å². The van der Waals surface area contributed by atoms with Crippen molar-refractivity contribution in [2.75, 3.05) is 7.11 Å². The van der Waals surface area contributed by atoms with Gasteiger partial charge >= 0.3 is 0 Å². The van der Waals surface area contributed by atoms with Crippen LogP contribution < -0.4 is 10.2 Å². The first kappa shape index (κ1) is 16.7. The Balaban J connectivity index is 1.93. The molecule has 4 heteroatoms. The van der Waals surface area contributed by atoms with Crippen molar-refractivity contribution >= 4 is 11.6 Å². The molecule has 23 heavy (non-hydrogen) atoms. The van der Waals surface area contributed by atoms with Gasteiger partial charge in [-0.05, 0) is 42.2 Å². The molecule has 0 fully saturated rings. The number of hydrazone groups is 1. The molecular formula is C19H22N2O2. The van der Waals surface area contributed by atoms with E-state index >= 15 is 0 Å². The van der Waals surface area contributed by atoms with Crippen molar-refractivity contribution in [2.24, 2.45) is 5.10 Å². The molecule has 1 N–H and O–H groups in total. The number of nitrogens with zero attached hydrogens (tertiary/aromatic N) is 1. The van der Waals surface area contributed by atoms with Gasteiger partial charge in [0.15, 0.2) is 0 Å². The van der Waals surface area contributed by atoms with E-state index in [0.717, 1.165) is 29.0 Å². The van der Waals surface area contributed by atoms with Gasteiger partial charge in [0.1, 0.15) is 5.75 Å². The Labute approximate surface area is 137 Å². The first-order valence-corrected chi connectivity index (χ1v) is 7.67. The van der Waals surface area contributed by atoms with Crippen LogP contribution in [0.4, 0.5) is 0 Å². The summed E-state index contributed by atoms with van der Waals surface area (Å²) in [5.74, 6) is 0.637. The van der Waals surface area contributed by atoms with Crippen LogP contribution in [0.2, 0.25) is 0 Å². The van der Waals surface area contributed by atoms with Crippen LogP contribution in [0.5, 0.6) is 5.75 Å². The van der Waals surface area contributed by atoms with E-state index in [1.54, 1.807) is 7.11 Å². The van der Waals surface area contributed by atoms with E-state index in [1.807, 2.05) is 43.3 Å². The Hall–Kier alpha value is -2.62. The lowest BCUT2D eigenvalue weighted by Gasteiger charge is -2.05. The third kappa shape index (κ3) is 4.95. The van der Waals surface area contributed by atoms with E-state index in [1.165, 1.54) is 5.56 Å². The molecule has 0 radical (unpaired) electrons. The van der Waals surface area contributed by atoms with E-state index in [9.17, 15) is 4.79 Å². The highest BCUT2D eigenvalue weighted by atomic mass is 16.5. The van der Waals surface area contributed by atoms with Crippen molar-refractivity contribution in [3.63, 3.8) is 0 Å². The van der Waals surface area contributed by atoms with E-state index in [2.05, 4.69) is 29.6 Å². The van der Waals surface area contributed by atoms with Gasteiger partial charge in [-0.1, -0.05) is 43.3 Å². The molecule has 0 aliphatic heterocycles. The molecule has 0 aliphatic carbocycles. The van der Waals surface area contributed by atoms with Gasteiger partial charge in [-0.15, -0.1) is 0 Å². The minimum atomic E-state index is -0.139. The highest BCUT2D eigenvalue weighted by Gasteiger charge is 2.04. The minimum Gasteiger partial charge on any atom is -0.497 e. The minimum absolute atomic E-state index is 0.139. The summed E-state index contributed by atoms with van der Waals surface area (Å²) in [6, 6.07) is 15.6. The van der Waals surface area contributed by atoms with Gasteiger partial charge in [0, 0.05) is 0 Å². The Kier molecular flexibility index (Phi) is 5.92. The maximum Gasteiger partial charge on any atom is 0.244 e. The maximum atomic E-state index is 12.0. The molecule has 0 saturated carbocycles. The number of rotatable bonds is 6. The Morgan fingerprint density at radius 1 is 1.04 bits per heavy atom. The van der Waals surface area contributed by atoms with Crippen molar-refractivity contribution in [2.45, 2.75) is 26.7 Å². The zero-order chi connectivity index (χ0) is 16.7. The van der Waals surface area contributed by atoms with E-state index in [-0.39, 0.29) is 12.3 Å². The van der Waals surface area contributed by atoms with Crippen molar-refractivity contribution in [3.8, 4) is 5.75 Å². The normalized spacial score (nSPS) is 11.2. The molecule has 0 heterocycles. The average Bonchev–Trinajstić information content (AvgIpc) is 2.60. The summed E-state index contributed by atoms with van der Waals surface area (Å²) in [4.78, 5) is 12.0. The molecule has 2 rings (SSSR count). The number of hydrogen-bond donors (Lipinski definition) is 1. The van der Waals surface area contributed by atoms with E-state index < -0.39 is 0 Å². The van der Waals surface area contributed by atoms with Crippen LogP contribution in [-0.4, -0.2) is 18.7 Å². The molecule has 4 nitrogen and oxygen atoms in total. The number of ether oxygens (including phenoxy) is 1. The molecule has 0 spiro atoms. The molecule has 2 aromatic carbocycles. The van der Waals surface area contributed by atoms with Crippen molar-refractivity contribution in [1.82, 2.24) is 5.43 Å². The number of benzene rings is 2. The van der Waals surface area contributed by atoms with Gasteiger partial charge in [-0.3, -0.25) is 4.79 Å². The Morgan fingerprint density at radius 2 is 1.65 bits per heavy atom. The predicted octanol–water partition coefficient (Wildman–Crippen LogP) is 3.34. The number of amides is 1. The zero-order valence-electron chi connectivity index (χ0n) is 13.8. The molecule has 0 atom stereocenters. The summed E-state index contributed by atoms with van der Waals surface area (Å²) in [5.41, 5.74) is 6.60. The average molecular weight is 310 g/mol. The van der Waals surface area contributed by atoms with Crippen LogP contribution in [0.25, 0.3) is 0 Å². The smallest absolute Gasteiger partial charge is 0.244 e. The van der Waals surface area contributed by atoms with Crippen LogP contribution in [0.1, 0.15) is 30.5 Å². The van der Waals surface area contributed by atoms with Gasteiger partial charge in [-0.2, -0.15) is 5.10 Å². The summed E-state index contributed by atoms with van der Waals surface area (Å²) in [6.07, 6.45) is 1.30. The SMILES string of the molecule is CCc1ccc(/C(C)=N/NC(=O)Cc2ccc(OC)cc2)cc1. The summed E-state index contributed by atoms with van der Waals surface area (Å²) in [6.45, 7) is 4.00. The lowest BCUT2D eigenvalue weighted by atomic mass is 10.1. The second kappa shape index (κ2) is 8.13. The number of aryl methyl sites for hydroxylation is 1. The van der Waals surface area contributed by atoms with Crippen LogP contribution in [0.15, 0.2) is 53.6 Å². The lowest BCUT2D eigenvalue weighted by Crippen LogP contribution is -2.21. The van der Waals surface area contributed by atoms with Crippen molar-refractivity contribution in [1.29, 1.82) is 0 Å². The van der Waals surface area contributed by atoms with Crippen LogP contribution in [0.3, 0.4) is 0 Å². The quantitative estimate of drug-likeness (QED) is 0.657. The van der Waals surface area contributed by atoms with Gasteiger partial charge < -0.3 is 4.74 Å². The third-order valence-corrected chi connectivity index (χ3v) is 3.65. The fourth-order valence-electron chi connectivity index (χ4n) is 2.16. The van der Waals surface area contributed by atoms with Crippen molar-refractivity contribution < 1.29 is 9.53 Å². The van der Waals surface area contributed by atoms with Gasteiger partial charge in [0.25, 0.3) is 0 Å². The number of methoxy groups -OCH3 is 1. The molecule has 2 aromatic rings. The first-order chi connectivity index (χ1) is 11.1. The Morgan fingerprint density at radius 3 is 2.22 bits per heavy atom. The molecule has 0 aliphatic rings. The molecule has 0 bridgehead atoms. The number of carbonyl (C=O) groups is 1. The molecule has 0 aromatic heterocycles. The second-order valence-electron chi connectivity index (χ2n) is 5.31. The fraction of sp³-hybridized carbons (Fsp3) is 0.263. The number of carbonyl (C=O) groups excluding carboxylic acids is 1. The largest absolute Gasteiger partial charge is 0.497 e. The number of nitrogens with one attached hydrogen (secondary N) is 1. The van der Waals surface area contributed by atoms with E-state index in [4.69, 9.17) is 4.74 Å². The van der Waals surface area contributed by atoms with Crippen LogP contribution in [-0.2, 0) is 17.6 Å². The fourth-order valence-corrected chi connectivity index (χ4v) is 2.16. The first-order valence-electron chi connectivity index (χ1n) is 7.67. The summed E-state index contributed by atoms with van der Waals surface area (Å²) >= 11 is 0. The third-order valence-electron chi connectivity index (χ3n) is 3.65. The molecule has 0 saturated heterocycles. The molecule has 1 amide bonds. The van der Waals surface area contributed by atoms with E-state index in [0.29, 0.717) is 0 Å². The van der Waals surface area contributed by atoms with Gasteiger partial charge in [0.05, 0.1) is 19.2 Å². The highest BCUT2D eigenvalue weighted by molar-refractivity contribution is 5.99.